The molecule has 0 aromatic heterocycles. The smallest absolute Gasteiger partial charge is 0.343 e. The maximum atomic E-state index is 12.7. The van der Waals surface area contributed by atoms with Gasteiger partial charge in [-0.1, -0.05) is 37.0 Å². The van der Waals surface area contributed by atoms with E-state index in [1.165, 1.54) is 31.5 Å². The molecular weight excluding hydrogens is 497 g/mol. The van der Waals surface area contributed by atoms with Gasteiger partial charge in [-0.3, -0.25) is 9.59 Å². The van der Waals surface area contributed by atoms with Gasteiger partial charge in [0.2, 0.25) is 0 Å². The zero-order chi connectivity index (χ0) is 26.0. The number of amides is 2. The van der Waals surface area contributed by atoms with Gasteiger partial charge < -0.3 is 19.5 Å². The Bertz CT molecular complexity index is 1090. The first-order valence-corrected chi connectivity index (χ1v) is 11.5. The molecule has 9 nitrogen and oxygen atoms in total. The summed E-state index contributed by atoms with van der Waals surface area (Å²) in [6.07, 6.45) is 1.42. The van der Waals surface area contributed by atoms with Gasteiger partial charge in [0.05, 0.1) is 30.0 Å². The molecular formula is C24H27Cl2N3O6. The van der Waals surface area contributed by atoms with E-state index in [2.05, 4.69) is 20.6 Å². The van der Waals surface area contributed by atoms with Crippen LogP contribution in [0.25, 0.3) is 0 Å². The van der Waals surface area contributed by atoms with Crippen molar-refractivity contribution >= 4 is 47.2 Å². The Morgan fingerprint density at radius 3 is 2.40 bits per heavy atom. The third-order valence-electron chi connectivity index (χ3n) is 4.65. The lowest BCUT2D eigenvalue weighted by Gasteiger charge is -2.20. The predicted octanol–water partition coefficient (Wildman–Crippen LogP) is 3.85. The summed E-state index contributed by atoms with van der Waals surface area (Å²) in [6.45, 7) is 5.52. The number of benzene rings is 2. The summed E-state index contributed by atoms with van der Waals surface area (Å²) < 4.78 is 15.5. The monoisotopic (exact) mass is 523 g/mol. The summed E-state index contributed by atoms with van der Waals surface area (Å²) >= 11 is 11.9. The Morgan fingerprint density at radius 2 is 1.77 bits per heavy atom. The number of carbonyl (C=O) groups excluding carboxylic acids is 3. The van der Waals surface area contributed by atoms with Crippen LogP contribution in [0, 0.1) is 5.92 Å². The number of esters is 1. The molecule has 0 heterocycles. The molecule has 0 bridgehead atoms. The number of halogens is 2. The van der Waals surface area contributed by atoms with Crippen molar-refractivity contribution in [2.75, 3.05) is 20.3 Å². The van der Waals surface area contributed by atoms with E-state index in [4.69, 9.17) is 32.7 Å². The Labute approximate surface area is 213 Å². The lowest BCUT2D eigenvalue weighted by molar-refractivity contribution is -0.142. The number of ether oxygens (including phenoxy) is 3. The molecule has 0 aliphatic carbocycles. The van der Waals surface area contributed by atoms with E-state index in [1.807, 2.05) is 6.92 Å². The Kier molecular flexibility index (Phi) is 10.8. The predicted molar refractivity (Wildman–Crippen MR) is 133 cm³/mol. The largest absolute Gasteiger partial charge is 0.490 e. The second-order valence-corrected chi connectivity index (χ2v) is 8.38. The molecule has 1 unspecified atom stereocenters. The number of carbonyl (C=O) groups is 3. The molecule has 2 rings (SSSR count). The van der Waals surface area contributed by atoms with E-state index in [0.29, 0.717) is 28.7 Å². The van der Waals surface area contributed by atoms with Gasteiger partial charge in [0.25, 0.3) is 11.8 Å². The van der Waals surface area contributed by atoms with E-state index in [-0.39, 0.29) is 23.1 Å². The summed E-state index contributed by atoms with van der Waals surface area (Å²) in [5.74, 6) is -0.929. The topological polar surface area (TPSA) is 115 Å². The highest BCUT2D eigenvalue weighted by Crippen LogP contribution is 2.28. The number of rotatable bonds is 11. The first-order chi connectivity index (χ1) is 16.7. The van der Waals surface area contributed by atoms with Crippen molar-refractivity contribution in [3.8, 4) is 11.5 Å². The van der Waals surface area contributed by atoms with Gasteiger partial charge in [-0.15, -0.1) is 0 Å². The Balaban J connectivity index is 2.06. The van der Waals surface area contributed by atoms with Crippen molar-refractivity contribution in [3.05, 3.63) is 57.6 Å². The lowest BCUT2D eigenvalue weighted by atomic mass is 10.0. The molecule has 0 spiro atoms. The van der Waals surface area contributed by atoms with Gasteiger partial charge in [-0.2, -0.15) is 5.10 Å². The first kappa shape index (κ1) is 27.9. The van der Waals surface area contributed by atoms with E-state index >= 15 is 0 Å². The van der Waals surface area contributed by atoms with Crippen LogP contribution in [0.2, 0.25) is 10.0 Å². The molecule has 2 aromatic rings. The third-order valence-corrected chi connectivity index (χ3v) is 5.39. The maximum absolute atomic E-state index is 12.7. The molecule has 0 fully saturated rings. The van der Waals surface area contributed by atoms with Crippen LogP contribution < -0.4 is 20.2 Å². The van der Waals surface area contributed by atoms with Crippen LogP contribution in [0.5, 0.6) is 11.5 Å². The average Bonchev–Trinajstić information content (AvgIpc) is 2.83. The van der Waals surface area contributed by atoms with E-state index in [1.54, 1.807) is 32.0 Å². The summed E-state index contributed by atoms with van der Waals surface area (Å²) in [4.78, 5) is 36.6. The molecule has 0 saturated carbocycles. The highest BCUT2D eigenvalue weighted by Gasteiger charge is 2.24. The van der Waals surface area contributed by atoms with Crippen LogP contribution in [0.1, 0.15) is 36.7 Å². The van der Waals surface area contributed by atoms with Crippen molar-refractivity contribution in [2.24, 2.45) is 11.0 Å². The zero-order valence-electron chi connectivity index (χ0n) is 19.8. The van der Waals surface area contributed by atoms with Crippen molar-refractivity contribution < 1.29 is 28.6 Å². The number of nitrogens with zero attached hydrogens (tertiary/aromatic N) is 1. The van der Waals surface area contributed by atoms with E-state index in [9.17, 15) is 14.4 Å². The molecule has 2 aromatic carbocycles. The van der Waals surface area contributed by atoms with Crippen LogP contribution in [0.4, 0.5) is 0 Å². The summed E-state index contributed by atoms with van der Waals surface area (Å²) in [5, 5.41) is 7.24. The first-order valence-electron chi connectivity index (χ1n) is 10.7. The highest BCUT2D eigenvalue weighted by atomic mass is 35.5. The summed E-state index contributed by atoms with van der Waals surface area (Å²) in [6, 6.07) is 8.56. The van der Waals surface area contributed by atoms with Gasteiger partial charge in [-0.25, -0.2) is 10.2 Å². The molecule has 2 N–H and O–H groups in total. The molecule has 0 aliphatic heterocycles. The zero-order valence-corrected chi connectivity index (χ0v) is 21.3. The summed E-state index contributed by atoms with van der Waals surface area (Å²) in [7, 11) is 1.27. The summed E-state index contributed by atoms with van der Waals surface area (Å²) in [5.41, 5.74) is 3.33. The molecule has 35 heavy (non-hydrogen) atoms. The van der Waals surface area contributed by atoms with E-state index in [0.717, 1.165) is 0 Å². The molecule has 188 valence electrons. The van der Waals surface area contributed by atoms with Crippen molar-refractivity contribution in [3.63, 3.8) is 0 Å². The number of hydrogen-bond donors (Lipinski definition) is 2. The van der Waals surface area contributed by atoms with Crippen LogP contribution in [-0.4, -0.2) is 50.4 Å². The molecule has 2 amide bonds. The Morgan fingerprint density at radius 1 is 1.03 bits per heavy atom. The number of hydrazone groups is 1. The van der Waals surface area contributed by atoms with Gasteiger partial charge in [0.15, 0.2) is 18.1 Å². The minimum Gasteiger partial charge on any atom is -0.490 e. The van der Waals surface area contributed by atoms with Crippen LogP contribution in [0.15, 0.2) is 41.5 Å². The molecule has 0 aliphatic rings. The normalized spacial score (nSPS) is 11.7. The quantitative estimate of drug-likeness (QED) is 0.262. The van der Waals surface area contributed by atoms with Crippen LogP contribution in [0.3, 0.4) is 0 Å². The van der Waals surface area contributed by atoms with Gasteiger partial charge in [-0.05, 0) is 54.8 Å². The van der Waals surface area contributed by atoms with Crippen molar-refractivity contribution in [1.29, 1.82) is 0 Å². The fourth-order valence-electron chi connectivity index (χ4n) is 2.82. The van der Waals surface area contributed by atoms with Crippen LogP contribution >= 0.6 is 23.2 Å². The molecule has 0 saturated heterocycles. The minimum atomic E-state index is -0.845. The maximum Gasteiger partial charge on any atom is 0.343 e. The standard InChI is InChI=1S/C24H27Cl2N3O6/c1-5-34-20-10-15(6-9-19(20)35-13-21(30)33-4)12-27-29-24(32)22(14(2)3)28-23(31)16-7-8-17(25)18(26)11-16/h6-12,14,22H,5,13H2,1-4H3,(H,28,31)(H,29,32). The average molecular weight is 524 g/mol. The van der Waals surface area contributed by atoms with Gasteiger partial charge in [0.1, 0.15) is 6.04 Å². The third kappa shape index (κ3) is 8.45. The SMILES string of the molecule is CCOc1cc(C=NNC(=O)C(NC(=O)c2ccc(Cl)c(Cl)c2)C(C)C)ccc1OCC(=O)OC. The molecule has 1 atom stereocenters. The minimum absolute atomic E-state index is 0.215. The number of nitrogens with one attached hydrogen (secondary N) is 2. The van der Waals surface area contributed by atoms with Crippen LogP contribution in [-0.2, 0) is 14.3 Å². The molecule has 11 heteroatoms. The second kappa shape index (κ2) is 13.6. The van der Waals surface area contributed by atoms with Crippen molar-refractivity contribution in [2.45, 2.75) is 26.8 Å². The number of hydrogen-bond acceptors (Lipinski definition) is 7. The second-order valence-electron chi connectivity index (χ2n) is 7.56. The van der Waals surface area contributed by atoms with Gasteiger partial charge >= 0.3 is 5.97 Å². The van der Waals surface area contributed by atoms with Crippen molar-refractivity contribution in [1.82, 2.24) is 10.7 Å². The van der Waals surface area contributed by atoms with Gasteiger partial charge in [0, 0.05) is 5.56 Å². The van der Waals surface area contributed by atoms with E-state index < -0.39 is 23.8 Å². The fraction of sp³-hybridized carbons (Fsp3) is 0.333. The highest BCUT2D eigenvalue weighted by molar-refractivity contribution is 6.42. The Hall–Kier alpha value is -3.30. The lowest BCUT2D eigenvalue weighted by Crippen LogP contribution is -2.48. The number of methoxy groups -OCH3 is 1. The molecule has 0 radical (unpaired) electrons. The fourth-order valence-corrected chi connectivity index (χ4v) is 3.12.